The monoisotopic (exact) mass is 242 g/mol. The van der Waals surface area contributed by atoms with Crippen molar-refractivity contribution in [3.63, 3.8) is 0 Å². The lowest BCUT2D eigenvalue weighted by atomic mass is 10.1. The Balaban J connectivity index is 2.20. The maximum Gasteiger partial charge on any atom is 0.268 e. The number of nitrogens with two attached hydrogens (primary N) is 2. The van der Waals surface area contributed by atoms with Crippen molar-refractivity contribution in [1.82, 2.24) is 9.55 Å². The van der Waals surface area contributed by atoms with Gasteiger partial charge in [0.25, 0.3) is 5.91 Å². The van der Waals surface area contributed by atoms with Crippen molar-refractivity contribution in [3.8, 4) is 0 Å². The molecule has 94 valence electrons. The van der Waals surface area contributed by atoms with Crippen molar-refractivity contribution < 1.29 is 19.7 Å². The van der Waals surface area contributed by atoms with Gasteiger partial charge in [-0.3, -0.25) is 4.79 Å². The van der Waals surface area contributed by atoms with Crippen molar-refractivity contribution >= 4 is 5.91 Å². The van der Waals surface area contributed by atoms with Gasteiger partial charge in [-0.15, -0.1) is 0 Å². The third-order valence-electron chi connectivity index (χ3n) is 2.65. The summed E-state index contributed by atoms with van der Waals surface area (Å²) >= 11 is 0. The van der Waals surface area contributed by atoms with Crippen molar-refractivity contribution in [3.05, 3.63) is 18.2 Å². The molecular weight excluding hydrogens is 228 g/mol. The predicted octanol–water partition coefficient (Wildman–Crippen LogP) is -2.09. The van der Waals surface area contributed by atoms with Gasteiger partial charge in [0.2, 0.25) is 0 Å². The lowest BCUT2D eigenvalue weighted by Gasteiger charge is -2.21. The zero-order valence-electron chi connectivity index (χ0n) is 8.98. The fraction of sp³-hybridized carbons (Fsp3) is 0.556. The number of hydrogen-bond acceptors (Lipinski definition) is 6. The van der Waals surface area contributed by atoms with Crippen molar-refractivity contribution in [2.24, 2.45) is 11.5 Å². The van der Waals surface area contributed by atoms with Crippen molar-refractivity contribution in [1.29, 1.82) is 0 Å². The number of carbonyl (C=O) groups is 1. The standard InChI is InChI=1S/C9H14N4O4/c10-7(16)5-2-13(4-12-5)8-6(15)1-9(11,3-14)17-8/h2,4,6,8,14-15H,1,3,11H2,(H2,10,16). The lowest BCUT2D eigenvalue weighted by Crippen LogP contribution is -2.43. The normalized spacial score (nSPS) is 32.9. The van der Waals surface area contributed by atoms with Gasteiger partial charge in [-0.2, -0.15) is 0 Å². The Bertz CT molecular complexity index is 434. The summed E-state index contributed by atoms with van der Waals surface area (Å²) in [5.74, 6) is -0.669. The van der Waals surface area contributed by atoms with Crippen LogP contribution >= 0.6 is 0 Å². The number of carbonyl (C=O) groups excluding carboxylic acids is 1. The molecule has 0 saturated carbocycles. The Morgan fingerprint density at radius 3 is 2.94 bits per heavy atom. The Kier molecular flexibility index (Phi) is 2.87. The summed E-state index contributed by atoms with van der Waals surface area (Å²) < 4.78 is 6.74. The molecule has 0 aromatic carbocycles. The highest BCUT2D eigenvalue weighted by Crippen LogP contribution is 2.33. The van der Waals surface area contributed by atoms with E-state index in [0.717, 1.165) is 0 Å². The summed E-state index contributed by atoms with van der Waals surface area (Å²) in [5.41, 5.74) is 9.53. The Morgan fingerprint density at radius 2 is 2.47 bits per heavy atom. The van der Waals surface area contributed by atoms with E-state index >= 15 is 0 Å². The molecule has 6 N–H and O–H groups in total. The molecule has 1 amide bonds. The van der Waals surface area contributed by atoms with Crippen LogP contribution in [0.2, 0.25) is 0 Å². The Labute approximate surface area is 96.8 Å². The van der Waals surface area contributed by atoms with Gasteiger partial charge in [-0.25, -0.2) is 4.98 Å². The molecule has 8 heteroatoms. The van der Waals surface area contributed by atoms with E-state index in [0.29, 0.717) is 0 Å². The number of imidazole rings is 1. The maximum atomic E-state index is 10.9. The predicted molar refractivity (Wildman–Crippen MR) is 55.5 cm³/mol. The van der Waals surface area contributed by atoms with Crippen LogP contribution in [0.3, 0.4) is 0 Å². The quantitative estimate of drug-likeness (QED) is 0.479. The molecule has 0 bridgehead atoms. The number of aromatic nitrogens is 2. The SMILES string of the molecule is NC(=O)c1cn(C2OC(N)(CO)CC2O)cn1. The van der Waals surface area contributed by atoms with Gasteiger partial charge in [-0.1, -0.05) is 0 Å². The molecule has 8 nitrogen and oxygen atoms in total. The summed E-state index contributed by atoms with van der Waals surface area (Å²) in [5, 5.41) is 18.8. The van der Waals surface area contributed by atoms with Crippen LogP contribution in [0.1, 0.15) is 23.1 Å². The maximum absolute atomic E-state index is 10.9. The van der Waals surface area contributed by atoms with Gasteiger partial charge < -0.3 is 31.0 Å². The fourth-order valence-electron chi connectivity index (χ4n) is 1.79. The number of ether oxygens (including phenoxy) is 1. The first-order valence-electron chi connectivity index (χ1n) is 5.04. The number of aliphatic hydroxyl groups is 2. The van der Waals surface area contributed by atoms with Crippen LogP contribution in [0.5, 0.6) is 0 Å². The van der Waals surface area contributed by atoms with Gasteiger partial charge >= 0.3 is 0 Å². The molecule has 2 heterocycles. The summed E-state index contributed by atoms with van der Waals surface area (Å²) in [6.45, 7) is -0.405. The molecule has 1 saturated heterocycles. The van der Waals surface area contributed by atoms with E-state index in [1.165, 1.54) is 17.1 Å². The third kappa shape index (κ3) is 2.15. The van der Waals surface area contributed by atoms with Crippen LogP contribution in [0.15, 0.2) is 12.5 Å². The second-order valence-electron chi connectivity index (χ2n) is 4.07. The Hall–Kier alpha value is -1.48. The van der Waals surface area contributed by atoms with Crippen molar-refractivity contribution in [2.75, 3.05) is 6.61 Å². The molecule has 3 atom stereocenters. The first-order valence-corrected chi connectivity index (χ1v) is 5.04. The molecule has 1 aliphatic rings. The molecule has 0 spiro atoms. The molecule has 3 unspecified atom stereocenters. The molecule has 0 aliphatic carbocycles. The van der Waals surface area contributed by atoms with Crippen LogP contribution in [0.25, 0.3) is 0 Å². The summed E-state index contributed by atoms with van der Waals surface area (Å²) in [6, 6.07) is 0. The van der Waals surface area contributed by atoms with Crippen LogP contribution in [-0.2, 0) is 4.74 Å². The van der Waals surface area contributed by atoms with E-state index in [-0.39, 0.29) is 12.1 Å². The zero-order chi connectivity index (χ0) is 12.6. The molecule has 0 radical (unpaired) electrons. The van der Waals surface area contributed by atoms with Crippen LogP contribution < -0.4 is 11.5 Å². The molecule has 1 aliphatic heterocycles. The molecule has 1 aromatic rings. The average molecular weight is 242 g/mol. The van der Waals surface area contributed by atoms with E-state index in [1.807, 2.05) is 0 Å². The van der Waals surface area contributed by atoms with E-state index in [2.05, 4.69) is 4.98 Å². The number of primary amides is 1. The van der Waals surface area contributed by atoms with E-state index in [4.69, 9.17) is 21.3 Å². The minimum atomic E-state index is -1.28. The minimum Gasteiger partial charge on any atom is -0.392 e. The number of hydrogen-bond donors (Lipinski definition) is 4. The summed E-state index contributed by atoms with van der Waals surface area (Å²) in [6.07, 6.45) is 1.10. The van der Waals surface area contributed by atoms with Gasteiger partial charge in [0, 0.05) is 12.6 Å². The summed E-state index contributed by atoms with van der Waals surface area (Å²) in [4.78, 5) is 14.6. The van der Waals surface area contributed by atoms with Crippen LogP contribution in [0.4, 0.5) is 0 Å². The zero-order valence-corrected chi connectivity index (χ0v) is 8.98. The van der Waals surface area contributed by atoms with Gasteiger partial charge in [-0.05, 0) is 0 Å². The van der Waals surface area contributed by atoms with Crippen molar-refractivity contribution in [2.45, 2.75) is 24.5 Å². The topological polar surface area (TPSA) is 137 Å². The minimum absolute atomic E-state index is 0.0688. The van der Waals surface area contributed by atoms with Crippen LogP contribution in [0, 0.1) is 0 Å². The van der Waals surface area contributed by atoms with E-state index in [9.17, 15) is 9.90 Å². The van der Waals surface area contributed by atoms with Gasteiger partial charge in [0.05, 0.1) is 12.9 Å². The third-order valence-corrected chi connectivity index (χ3v) is 2.65. The Morgan fingerprint density at radius 1 is 1.76 bits per heavy atom. The summed E-state index contributed by atoms with van der Waals surface area (Å²) in [7, 11) is 0. The molecule has 17 heavy (non-hydrogen) atoms. The largest absolute Gasteiger partial charge is 0.392 e. The number of nitrogens with zero attached hydrogens (tertiary/aromatic N) is 2. The van der Waals surface area contributed by atoms with Crippen LogP contribution in [-0.4, -0.2) is 44.1 Å². The van der Waals surface area contributed by atoms with E-state index in [1.54, 1.807) is 0 Å². The molecule has 1 fully saturated rings. The van der Waals surface area contributed by atoms with E-state index < -0.39 is 30.6 Å². The fourth-order valence-corrected chi connectivity index (χ4v) is 1.79. The highest BCUT2D eigenvalue weighted by molar-refractivity contribution is 5.90. The number of rotatable bonds is 3. The first kappa shape index (κ1) is 12.0. The molecule has 1 aromatic heterocycles. The van der Waals surface area contributed by atoms with Gasteiger partial charge in [0.15, 0.2) is 6.23 Å². The molecule has 2 rings (SSSR count). The second-order valence-corrected chi connectivity index (χ2v) is 4.07. The lowest BCUT2D eigenvalue weighted by molar-refractivity contribution is -0.106. The number of amides is 1. The number of aliphatic hydroxyl groups excluding tert-OH is 2. The van der Waals surface area contributed by atoms with Gasteiger partial charge in [0.1, 0.15) is 17.5 Å². The molecular formula is C9H14N4O4. The average Bonchev–Trinajstić information content (AvgIpc) is 2.84. The first-order chi connectivity index (χ1) is 7.95. The highest BCUT2D eigenvalue weighted by Gasteiger charge is 2.43. The highest BCUT2D eigenvalue weighted by atomic mass is 16.6. The second kappa shape index (κ2) is 4.08. The smallest absolute Gasteiger partial charge is 0.268 e.